The van der Waals surface area contributed by atoms with E-state index in [2.05, 4.69) is 31.9 Å². The number of carbonyl (C=O) groups is 14. The molecule has 0 fully saturated rings. The number of alkyl halides is 6. The summed E-state index contributed by atoms with van der Waals surface area (Å²) in [4.78, 5) is 175. The Morgan fingerprint density at radius 3 is 0.905 bits per heavy atom. The fourth-order valence-electron chi connectivity index (χ4n) is 11.4. The van der Waals surface area contributed by atoms with Gasteiger partial charge in [-0.25, -0.2) is 28.8 Å². The molecule has 688 valence electrons. The molecular formula is C88H110F6N8O24. The van der Waals surface area contributed by atoms with E-state index in [-0.39, 0.29) is 110 Å². The Morgan fingerprint density at radius 1 is 0.333 bits per heavy atom. The summed E-state index contributed by atoms with van der Waals surface area (Å²) in [5.74, 6) is -13.5. The number of aliphatic carboxylic acids is 6. The summed E-state index contributed by atoms with van der Waals surface area (Å²) in [7, 11) is 0. The monoisotopic (exact) mass is 1780 g/mol. The Balaban J connectivity index is 0.000000574. The zero-order chi connectivity index (χ0) is 94.0. The summed E-state index contributed by atoms with van der Waals surface area (Å²) < 4.78 is 85.9. The number of hydrogen-bond acceptors (Lipinski definition) is 20. The summed E-state index contributed by atoms with van der Waals surface area (Å²) in [6.45, 7) is 10.9. The Hall–Kier alpha value is -13.0. The minimum Gasteiger partial charge on any atom is -0.481 e. The number of carboxylic acid groups (broad SMARTS) is 6. The molecule has 126 heavy (non-hydrogen) atoms. The van der Waals surface area contributed by atoms with Gasteiger partial charge < -0.3 is 81.5 Å². The normalized spacial score (nSPS) is 12.5. The maximum atomic E-state index is 14.2. The third-order valence-electron chi connectivity index (χ3n) is 17.6. The Morgan fingerprint density at radius 2 is 0.603 bits per heavy atom. The molecule has 32 nitrogen and oxygen atoms in total. The van der Waals surface area contributed by atoms with Crippen LogP contribution >= 0.6 is 0 Å². The third kappa shape index (κ3) is 47.0. The molecule has 0 aliphatic rings. The second-order valence-corrected chi connectivity index (χ2v) is 30.3. The van der Waals surface area contributed by atoms with E-state index in [1.807, 2.05) is 97.1 Å². The molecule has 0 radical (unpaired) electrons. The molecule has 0 heterocycles. The van der Waals surface area contributed by atoms with Crippen molar-refractivity contribution in [3.05, 3.63) is 215 Å². The maximum absolute atomic E-state index is 14.2. The predicted octanol–water partition coefficient (Wildman–Crippen LogP) is 11.7. The third-order valence-corrected chi connectivity index (χ3v) is 17.6. The van der Waals surface area contributed by atoms with E-state index in [1.54, 1.807) is 126 Å². The van der Waals surface area contributed by atoms with Gasteiger partial charge in [-0.1, -0.05) is 182 Å². The highest BCUT2D eigenvalue weighted by Crippen LogP contribution is 2.23. The van der Waals surface area contributed by atoms with Gasteiger partial charge in [0.2, 0.25) is 23.6 Å². The van der Waals surface area contributed by atoms with E-state index in [4.69, 9.17) is 43.9 Å². The highest BCUT2D eigenvalue weighted by Gasteiger charge is 2.41. The van der Waals surface area contributed by atoms with Crippen molar-refractivity contribution in [2.45, 2.75) is 231 Å². The molecule has 0 spiro atoms. The second kappa shape index (κ2) is 56.0. The predicted molar refractivity (Wildman–Crippen MR) is 443 cm³/mol. The van der Waals surface area contributed by atoms with Gasteiger partial charge in [-0.3, -0.25) is 48.2 Å². The van der Waals surface area contributed by atoms with Gasteiger partial charge in [0, 0.05) is 65.0 Å². The first-order chi connectivity index (χ1) is 59.3. The fourth-order valence-corrected chi connectivity index (χ4v) is 11.4. The number of benzene rings is 6. The molecule has 6 aromatic rings. The first-order valence-corrected chi connectivity index (χ1v) is 40.0. The van der Waals surface area contributed by atoms with E-state index in [1.165, 1.54) is 4.90 Å². The van der Waals surface area contributed by atoms with Crippen LogP contribution in [0.5, 0.6) is 0 Å². The highest BCUT2D eigenvalue weighted by molar-refractivity contribution is 5.91. The van der Waals surface area contributed by atoms with Gasteiger partial charge >= 0.3 is 72.3 Å². The summed E-state index contributed by atoms with van der Waals surface area (Å²) in [6, 6.07) is 48.2. The number of amides is 6. The Labute approximate surface area is 724 Å². The topological polar surface area (TPSA) is 476 Å². The summed E-state index contributed by atoms with van der Waals surface area (Å²) in [5, 5.41) is 69.2. The lowest BCUT2D eigenvalue weighted by atomic mass is 10.0. The van der Waals surface area contributed by atoms with Gasteiger partial charge in [-0.15, -0.1) is 0 Å². The lowest BCUT2D eigenvalue weighted by Crippen LogP contribution is -2.54. The van der Waals surface area contributed by atoms with Crippen LogP contribution in [0.15, 0.2) is 182 Å². The van der Waals surface area contributed by atoms with Crippen molar-refractivity contribution in [2.24, 2.45) is 0 Å². The van der Waals surface area contributed by atoms with Crippen molar-refractivity contribution in [3.63, 3.8) is 0 Å². The van der Waals surface area contributed by atoms with Crippen molar-refractivity contribution in [2.75, 3.05) is 13.1 Å². The molecule has 0 aliphatic carbocycles. The van der Waals surface area contributed by atoms with Gasteiger partial charge in [-0.2, -0.15) is 26.3 Å². The lowest BCUT2D eigenvalue weighted by Gasteiger charge is -2.33. The van der Waals surface area contributed by atoms with Crippen molar-refractivity contribution in [1.29, 1.82) is 0 Å². The summed E-state index contributed by atoms with van der Waals surface area (Å²) >= 11 is 0. The minimum atomic E-state index is -5.08. The quantitative estimate of drug-likeness (QED) is 0.00731. The number of hydrogen-bond donors (Lipinski definition) is 12. The number of nitrogens with zero attached hydrogens (tertiary/aromatic N) is 2. The van der Waals surface area contributed by atoms with Crippen molar-refractivity contribution < 1.29 is 143 Å². The van der Waals surface area contributed by atoms with Crippen LogP contribution in [0.1, 0.15) is 165 Å². The van der Waals surface area contributed by atoms with E-state index >= 15 is 0 Å². The van der Waals surface area contributed by atoms with Crippen LogP contribution < -0.4 is 31.9 Å². The second-order valence-electron chi connectivity index (χ2n) is 30.3. The molecule has 6 amide bonds. The van der Waals surface area contributed by atoms with Crippen molar-refractivity contribution in [3.8, 4) is 0 Å². The molecule has 0 saturated heterocycles. The number of halogens is 6. The average Bonchev–Trinajstić information content (AvgIpc) is 0.828. The molecule has 0 aliphatic heterocycles. The zero-order valence-electron chi connectivity index (χ0n) is 70.5. The largest absolute Gasteiger partial charge is 0.490 e. The summed E-state index contributed by atoms with van der Waals surface area (Å²) in [6.07, 6.45) is -11.7. The van der Waals surface area contributed by atoms with Crippen LogP contribution in [-0.4, -0.2) is 197 Å². The number of rotatable bonds is 46. The van der Waals surface area contributed by atoms with Gasteiger partial charge in [0.25, 0.3) is 0 Å². The molecule has 12 N–H and O–H groups in total. The zero-order valence-corrected chi connectivity index (χ0v) is 70.5. The van der Waals surface area contributed by atoms with Gasteiger partial charge in [0.05, 0.1) is 12.1 Å². The number of carboxylic acids is 6. The molecule has 0 saturated carbocycles. The SMILES string of the molecule is CC(C)(C)OC(=O)N(Cc1ccccc1)[C@@H](CCC(=O)O)C(=O)NCCCC[C@H](NC(=O)[C@H](CCC(=O)O)N(Cc1ccccc1)C(=O)OC(C)(C)C)C(=O)OCc1ccccc1.O=C(O)C(F)(F)F.O=C(O)C(F)(F)F.O=C(O)CC[C@H](NCc1ccccc1)C(=O)NCCCC[C@H](NC(=O)[C@H](CCC(=O)O)NCc1ccccc1)C(=O)OCc1ccccc1. The highest BCUT2D eigenvalue weighted by atomic mass is 19.4. The van der Waals surface area contributed by atoms with Crippen LogP contribution in [0, 0.1) is 0 Å². The maximum Gasteiger partial charge on any atom is 0.490 e. The molecule has 0 bridgehead atoms. The average molecular weight is 1780 g/mol. The molecule has 38 heteroatoms. The van der Waals surface area contributed by atoms with Crippen molar-refractivity contribution >= 4 is 83.6 Å². The first-order valence-electron chi connectivity index (χ1n) is 40.0. The van der Waals surface area contributed by atoms with Crippen LogP contribution in [0.4, 0.5) is 35.9 Å². The number of nitrogens with one attached hydrogen (secondary N) is 6. The lowest BCUT2D eigenvalue weighted by molar-refractivity contribution is -0.193. The first kappa shape index (κ1) is 107. The Bertz CT molecular complexity index is 4360. The molecule has 6 atom stereocenters. The number of esters is 2. The Kier molecular flexibility index (Phi) is 47.6. The standard InChI is InChI=1S/C47H62N4O12.C37H46N4O8.2C2HF3O2/c1-46(2,3)62-44(59)50(30-33-18-10-7-11-19-33)37(25-27-39(52)53)41(56)48-29-17-16-24-36(43(58)61-32-35-22-14-9-15-23-35)49-42(57)38(26-28-40(54)55)51(45(60)63-47(4,5)6)31-34-20-12-8-13-21-34;42-33(43)21-19-30(39-24-27-12-4-1-5-13-27)35(46)38-23-11-10-18-32(37(48)49-26-29-16-8-3-9-17-29)41-36(47)31(20-22-34(44)45)40-25-28-14-6-2-7-15-28;2*3-2(4,5)1(6)7/h7-15,18-23,36-38H,16-17,24-32H2,1-6H3,(H,48,56)(H,49,57)(H,52,53)(H,54,55);1-9,12-17,30-32,39-40H,10-11,18-26H2,(H,38,46)(H,41,47)(H,42,43)(H,44,45);2*(H,6,7)/t36-,37-,38-;30-,31-,32-;;/m00../s1. The van der Waals surface area contributed by atoms with E-state index < -0.39 is 150 Å². The number of unbranched alkanes of at least 4 members (excludes halogenated alkanes) is 2. The molecule has 6 aromatic carbocycles. The fraction of sp³-hybridized carbons (Fsp3) is 0.432. The van der Waals surface area contributed by atoms with Crippen LogP contribution in [0.2, 0.25) is 0 Å². The van der Waals surface area contributed by atoms with Crippen molar-refractivity contribution in [1.82, 2.24) is 41.7 Å². The van der Waals surface area contributed by atoms with E-state index in [0.717, 1.165) is 21.6 Å². The van der Waals surface area contributed by atoms with Gasteiger partial charge in [0.1, 0.15) is 48.6 Å². The number of carbonyl (C=O) groups excluding carboxylic acids is 8. The molecule has 0 aromatic heterocycles. The van der Waals surface area contributed by atoms with E-state index in [0.29, 0.717) is 42.6 Å². The van der Waals surface area contributed by atoms with Gasteiger partial charge in [-0.05, 0) is 139 Å². The smallest absolute Gasteiger partial charge is 0.481 e. The van der Waals surface area contributed by atoms with Crippen LogP contribution in [-0.2, 0) is 116 Å². The molecular weight excluding hydrogens is 1670 g/mol. The molecule has 0 unspecified atom stereocenters. The van der Waals surface area contributed by atoms with E-state index in [9.17, 15) is 99.2 Å². The van der Waals surface area contributed by atoms with Crippen LogP contribution in [0.25, 0.3) is 0 Å². The number of ether oxygens (including phenoxy) is 4. The van der Waals surface area contributed by atoms with Crippen LogP contribution in [0.3, 0.4) is 0 Å². The van der Waals surface area contributed by atoms with Gasteiger partial charge in [0.15, 0.2) is 0 Å². The summed E-state index contributed by atoms with van der Waals surface area (Å²) in [5.41, 5.74) is 2.85. The molecule has 6 rings (SSSR count). The minimum absolute atomic E-state index is 0.0184.